The average Bonchev–Trinajstić information content (AvgIpc) is 3.18. The molecular formula is C22H23ClFN5O2S. The predicted molar refractivity (Wildman–Crippen MR) is 124 cm³/mol. The van der Waals surface area contributed by atoms with Crippen LogP contribution in [0.3, 0.4) is 0 Å². The molecule has 0 fully saturated rings. The second-order valence-electron chi connectivity index (χ2n) is 7.12. The standard InChI is InChI=1S/C22H23ClFN5O2S/c1-4-29-20(14(3)25-21(31)15-7-5-6-13(2)10-15)27-28-22(29)32-12-19(30)26-16-8-9-17(23)18(24)11-16/h5-11,14H,4,12H2,1-3H3,(H,25,31)(H,26,30)/t14-/m0/s1. The van der Waals surface area contributed by atoms with Crippen LogP contribution in [-0.2, 0) is 11.3 Å². The topological polar surface area (TPSA) is 88.9 Å². The normalized spacial score (nSPS) is 11.8. The largest absolute Gasteiger partial charge is 0.342 e. The van der Waals surface area contributed by atoms with E-state index in [0.717, 1.165) is 11.6 Å². The Hall–Kier alpha value is -2.91. The van der Waals surface area contributed by atoms with Crippen molar-refractivity contribution in [2.24, 2.45) is 0 Å². The zero-order valence-corrected chi connectivity index (χ0v) is 19.4. The van der Waals surface area contributed by atoms with Crippen molar-refractivity contribution in [2.45, 2.75) is 38.5 Å². The van der Waals surface area contributed by atoms with Crippen LogP contribution in [0.1, 0.15) is 41.6 Å². The third-order valence-corrected chi connectivity index (χ3v) is 5.89. The fourth-order valence-electron chi connectivity index (χ4n) is 3.06. The first-order valence-electron chi connectivity index (χ1n) is 9.96. The molecule has 0 spiro atoms. The van der Waals surface area contributed by atoms with Gasteiger partial charge in [-0.1, -0.05) is 41.1 Å². The van der Waals surface area contributed by atoms with E-state index in [1.807, 2.05) is 43.5 Å². The van der Waals surface area contributed by atoms with Crippen LogP contribution in [0.4, 0.5) is 10.1 Å². The van der Waals surface area contributed by atoms with Crippen LogP contribution < -0.4 is 10.6 Å². The molecule has 0 aliphatic rings. The molecule has 168 valence electrons. The summed E-state index contributed by atoms with van der Waals surface area (Å²) >= 11 is 6.86. The lowest BCUT2D eigenvalue weighted by atomic mass is 10.1. The number of thioether (sulfide) groups is 1. The van der Waals surface area contributed by atoms with E-state index in [0.29, 0.717) is 28.8 Å². The van der Waals surface area contributed by atoms with E-state index in [-0.39, 0.29) is 28.6 Å². The van der Waals surface area contributed by atoms with Crippen molar-refractivity contribution >= 4 is 40.9 Å². The molecule has 0 saturated carbocycles. The van der Waals surface area contributed by atoms with Gasteiger partial charge in [0, 0.05) is 17.8 Å². The lowest BCUT2D eigenvalue weighted by Gasteiger charge is -2.15. The highest BCUT2D eigenvalue weighted by Crippen LogP contribution is 2.22. The molecule has 32 heavy (non-hydrogen) atoms. The monoisotopic (exact) mass is 475 g/mol. The van der Waals surface area contributed by atoms with Gasteiger partial charge in [-0.25, -0.2) is 4.39 Å². The molecule has 0 radical (unpaired) electrons. The highest BCUT2D eigenvalue weighted by molar-refractivity contribution is 7.99. The van der Waals surface area contributed by atoms with Crippen LogP contribution in [0.2, 0.25) is 5.02 Å². The smallest absolute Gasteiger partial charge is 0.251 e. The number of nitrogens with zero attached hydrogens (tertiary/aromatic N) is 3. The number of hydrogen-bond acceptors (Lipinski definition) is 5. The van der Waals surface area contributed by atoms with Gasteiger partial charge >= 0.3 is 0 Å². The molecule has 0 aliphatic carbocycles. The van der Waals surface area contributed by atoms with Crippen LogP contribution in [0, 0.1) is 12.7 Å². The molecule has 2 amide bonds. The summed E-state index contributed by atoms with van der Waals surface area (Å²) in [6.45, 7) is 6.26. The zero-order chi connectivity index (χ0) is 23.3. The van der Waals surface area contributed by atoms with Gasteiger partial charge in [0.15, 0.2) is 11.0 Å². The van der Waals surface area contributed by atoms with Gasteiger partial charge in [0.2, 0.25) is 5.91 Å². The number of carbonyl (C=O) groups is 2. The summed E-state index contributed by atoms with van der Waals surface area (Å²) in [5.41, 5.74) is 1.90. The van der Waals surface area contributed by atoms with Crippen molar-refractivity contribution in [2.75, 3.05) is 11.1 Å². The van der Waals surface area contributed by atoms with Crippen molar-refractivity contribution in [3.05, 3.63) is 70.3 Å². The number of carbonyl (C=O) groups excluding carboxylic acids is 2. The second kappa shape index (κ2) is 10.6. The summed E-state index contributed by atoms with van der Waals surface area (Å²) in [7, 11) is 0. The molecule has 7 nitrogen and oxygen atoms in total. The van der Waals surface area contributed by atoms with Crippen molar-refractivity contribution in [3.63, 3.8) is 0 Å². The van der Waals surface area contributed by atoms with Crippen molar-refractivity contribution in [3.8, 4) is 0 Å². The Morgan fingerprint density at radius 1 is 1.22 bits per heavy atom. The maximum Gasteiger partial charge on any atom is 0.251 e. The first kappa shape index (κ1) is 23.7. The molecule has 1 atom stereocenters. The summed E-state index contributed by atoms with van der Waals surface area (Å²) < 4.78 is 15.4. The molecule has 0 bridgehead atoms. The number of hydrogen-bond donors (Lipinski definition) is 2. The number of nitrogens with one attached hydrogen (secondary N) is 2. The Balaban J connectivity index is 1.62. The Bertz CT molecular complexity index is 1140. The van der Waals surface area contributed by atoms with Gasteiger partial charge in [-0.3, -0.25) is 9.59 Å². The Labute approximate surface area is 194 Å². The predicted octanol–water partition coefficient (Wildman–Crippen LogP) is 4.62. The van der Waals surface area contributed by atoms with E-state index >= 15 is 0 Å². The van der Waals surface area contributed by atoms with Gasteiger partial charge in [0.1, 0.15) is 5.82 Å². The minimum Gasteiger partial charge on any atom is -0.342 e. The number of aryl methyl sites for hydroxylation is 1. The third kappa shape index (κ3) is 5.86. The fraction of sp³-hybridized carbons (Fsp3) is 0.273. The van der Waals surface area contributed by atoms with Gasteiger partial charge in [-0.15, -0.1) is 10.2 Å². The molecule has 10 heteroatoms. The molecule has 3 aromatic rings. The quantitative estimate of drug-likeness (QED) is 0.464. The molecule has 1 heterocycles. The van der Waals surface area contributed by atoms with Gasteiger partial charge in [0.05, 0.1) is 16.8 Å². The number of benzene rings is 2. The van der Waals surface area contributed by atoms with Crippen LogP contribution in [0.5, 0.6) is 0 Å². The summed E-state index contributed by atoms with van der Waals surface area (Å²) in [6, 6.07) is 11.0. The maximum atomic E-state index is 13.5. The number of amides is 2. The van der Waals surface area contributed by atoms with E-state index in [2.05, 4.69) is 20.8 Å². The summed E-state index contributed by atoms with van der Waals surface area (Å²) in [6.07, 6.45) is 0. The molecule has 0 unspecified atom stereocenters. The van der Waals surface area contributed by atoms with Gasteiger partial charge in [-0.2, -0.15) is 0 Å². The van der Waals surface area contributed by atoms with Gasteiger partial charge in [0.25, 0.3) is 5.91 Å². The van der Waals surface area contributed by atoms with E-state index < -0.39 is 5.82 Å². The van der Waals surface area contributed by atoms with Crippen LogP contribution >= 0.6 is 23.4 Å². The summed E-state index contributed by atoms with van der Waals surface area (Å²) in [5, 5.41) is 14.5. The Morgan fingerprint density at radius 2 is 2.00 bits per heavy atom. The van der Waals surface area contributed by atoms with E-state index in [4.69, 9.17) is 11.6 Å². The lowest BCUT2D eigenvalue weighted by molar-refractivity contribution is -0.113. The Kier molecular flexibility index (Phi) is 7.87. The molecule has 3 rings (SSSR count). The molecule has 1 aromatic heterocycles. The maximum absolute atomic E-state index is 13.5. The molecule has 2 N–H and O–H groups in total. The second-order valence-corrected chi connectivity index (χ2v) is 8.47. The first-order valence-corrected chi connectivity index (χ1v) is 11.3. The summed E-state index contributed by atoms with van der Waals surface area (Å²) in [4.78, 5) is 24.8. The molecule has 2 aromatic carbocycles. The van der Waals surface area contributed by atoms with Crippen LogP contribution in [-0.4, -0.2) is 32.3 Å². The van der Waals surface area contributed by atoms with Crippen molar-refractivity contribution in [1.29, 1.82) is 0 Å². The van der Waals surface area contributed by atoms with E-state index in [1.54, 1.807) is 6.07 Å². The van der Waals surface area contributed by atoms with Crippen LogP contribution in [0.25, 0.3) is 0 Å². The van der Waals surface area contributed by atoms with E-state index in [9.17, 15) is 14.0 Å². The number of aromatic nitrogens is 3. The van der Waals surface area contributed by atoms with Crippen LogP contribution in [0.15, 0.2) is 47.6 Å². The Morgan fingerprint density at radius 3 is 2.69 bits per heavy atom. The highest BCUT2D eigenvalue weighted by Gasteiger charge is 2.20. The average molecular weight is 476 g/mol. The SMILES string of the molecule is CCn1c(SCC(=O)Nc2ccc(Cl)c(F)c2)nnc1[C@H](C)NC(=O)c1cccc(C)c1. The fourth-order valence-corrected chi connectivity index (χ4v) is 3.98. The first-order chi connectivity index (χ1) is 15.3. The van der Waals surface area contributed by atoms with Crippen molar-refractivity contribution in [1.82, 2.24) is 20.1 Å². The molecule has 0 aliphatic heterocycles. The van der Waals surface area contributed by atoms with Gasteiger partial charge in [-0.05, 0) is 51.1 Å². The zero-order valence-electron chi connectivity index (χ0n) is 17.9. The third-order valence-electron chi connectivity index (χ3n) is 4.61. The lowest BCUT2D eigenvalue weighted by Crippen LogP contribution is -2.28. The minimum absolute atomic E-state index is 0.00967. The van der Waals surface area contributed by atoms with Gasteiger partial charge < -0.3 is 15.2 Å². The number of rotatable bonds is 8. The summed E-state index contributed by atoms with van der Waals surface area (Å²) in [5.74, 6) is -0.461. The number of halogens is 2. The molecular weight excluding hydrogens is 453 g/mol. The number of anilines is 1. The molecule has 0 saturated heterocycles. The van der Waals surface area contributed by atoms with Crippen molar-refractivity contribution < 1.29 is 14.0 Å². The highest BCUT2D eigenvalue weighted by atomic mass is 35.5. The van der Waals surface area contributed by atoms with E-state index in [1.165, 1.54) is 23.9 Å². The minimum atomic E-state index is -0.603.